The molecule has 4 heteroatoms. The van der Waals surface area contributed by atoms with Crippen LogP contribution < -0.4 is 0 Å². The Hall–Kier alpha value is 0.0200. The minimum atomic E-state index is -1.77. The van der Waals surface area contributed by atoms with E-state index in [0.717, 1.165) is 19.3 Å². The molecule has 0 aromatic carbocycles. The fourth-order valence-corrected chi connectivity index (χ4v) is 1.65. The van der Waals surface area contributed by atoms with Crippen LogP contribution in [0, 0.1) is 0 Å². The second kappa shape index (κ2) is 4.02. The summed E-state index contributed by atoms with van der Waals surface area (Å²) in [7, 11) is -1.77. The lowest BCUT2D eigenvalue weighted by atomic mass is 10.2. The Balaban J connectivity index is 2.12. The van der Waals surface area contributed by atoms with Crippen LogP contribution in [-0.2, 0) is 13.6 Å². The monoisotopic (exact) mass is 163 g/mol. The first-order valence-electron chi connectivity index (χ1n) is 3.60. The molecule has 1 saturated heterocycles. The molecule has 1 rings (SSSR count). The van der Waals surface area contributed by atoms with E-state index >= 15 is 0 Å². The van der Waals surface area contributed by atoms with E-state index in [0.29, 0.717) is 6.61 Å². The first-order valence-corrected chi connectivity index (χ1v) is 4.69. The Labute approximate surface area is 61.7 Å². The molecule has 1 aliphatic heterocycles. The molecule has 3 nitrogen and oxygen atoms in total. The maximum atomic E-state index is 10.5. The van der Waals surface area contributed by atoms with Gasteiger partial charge in [0.15, 0.2) is 0 Å². The zero-order chi connectivity index (χ0) is 7.40. The molecule has 0 aliphatic carbocycles. The van der Waals surface area contributed by atoms with Crippen molar-refractivity contribution >= 4 is 8.25 Å². The average Bonchev–Trinajstić information content (AvgIpc) is 2.31. The third-order valence-corrected chi connectivity index (χ3v) is 2.31. The Morgan fingerprint density at radius 2 is 2.50 bits per heavy atom. The third kappa shape index (κ3) is 2.33. The molecule has 0 bridgehead atoms. The summed E-state index contributed by atoms with van der Waals surface area (Å²) in [6.07, 6.45) is 3.33. The van der Waals surface area contributed by atoms with E-state index in [4.69, 9.17) is 9.05 Å². The van der Waals surface area contributed by atoms with Crippen molar-refractivity contribution in [1.82, 2.24) is 0 Å². The standard InChI is InChI=1S/C6H12O3P/c1-2-3-4-6-5-8-10(7)9-6/h6H,2-5H2,1H3. The first kappa shape index (κ1) is 8.12. The van der Waals surface area contributed by atoms with Crippen molar-refractivity contribution in [2.24, 2.45) is 0 Å². The molecule has 2 unspecified atom stereocenters. The molecule has 0 saturated carbocycles. The van der Waals surface area contributed by atoms with Gasteiger partial charge in [-0.3, -0.25) is 9.05 Å². The summed E-state index contributed by atoms with van der Waals surface area (Å²) >= 11 is 0. The van der Waals surface area contributed by atoms with Crippen molar-refractivity contribution in [3.05, 3.63) is 0 Å². The minimum Gasteiger partial charge on any atom is -0.280 e. The number of unbranched alkanes of at least 4 members (excludes halogenated alkanes) is 1. The highest BCUT2D eigenvalue weighted by molar-refractivity contribution is 7.33. The zero-order valence-electron chi connectivity index (χ0n) is 6.08. The minimum absolute atomic E-state index is 0.0866. The molecular weight excluding hydrogens is 151 g/mol. The van der Waals surface area contributed by atoms with Gasteiger partial charge in [0.25, 0.3) is 0 Å². The Morgan fingerprint density at radius 1 is 1.70 bits per heavy atom. The fourth-order valence-electron chi connectivity index (χ4n) is 0.894. The predicted octanol–water partition coefficient (Wildman–Crippen LogP) is 2.25. The highest BCUT2D eigenvalue weighted by atomic mass is 31.1. The number of hydrogen-bond donors (Lipinski definition) is 0. The van der Waals surface area contributed by atoms with E-state index < -0.39 is 8.25 Å². The molecule has 0 spiro atoms. The van der Waals surface area contributed by atoms with Crippen molar-refractivity contribution in [2.45, 2.75) is 32.3 Å². The molecule has 1 fully saturated rings. The molecule has 0 amide bonds. The highest BCUT2D eigenvalue weighted by Gasteiger charge is 2.22. The van der Waals surface area contributed by atoms with Gasteiger partial charge in [-0.25, -0.2) is 4.57 Å². The van der Waals surface area contributed by atoms with Gasteiger partial charge in [-0.1, -0.05) is 19.8 Å². The topological polar surface area (TPSA) is 35.5 Å². The summed E-state index contributed by atoms with van der Waals surface area (Å²) in [4.78, 5) is 0. The van der Waals surface area contributed by atoms with E-state index in [2.05, 4.69) is 6.92 Å². The molecule has 0 aromatic heterocycles. The van der Waals surface area contributed by atoms with Gasteiger partial charge in [-0.2, -0.15) is 0 Å². The predicted molar refractivity (Wildman–Crippen MR) is 38.0 cm³/mol. The van der Waals surface area contributed by atoms with Crippen LogP contribution in [0.4, 0.5) is 0 Å². The molecule has 59 valence electrons. The van der Waals surface area contributed by atoms with Crippen LogP contribution in [0.3, 0.4) is 0 Å². The quantitative estimate of drug-likeness (QED) is 0.598. The molecule has 1 radical (unpaired) electrons. The van der Waals surface area contributed by atoms with Gasteiger partial charge in [-0.15, -0.1) is 0 Å². The summed E-state index contributed by atoms with van der Waals surface area (Å²) < 4.78 is 20.2. The van der Waals surface area contributed by atoms with E-state index in [-0.39, 0.29) is 6.10 Å². The van der Waals surface area contributed by atoms with Crippen LogP contribution in [0.25, 0.3) is 0 Å². The molecule has 1 heterocycles. The van der Waals surface area contributed by atoms with E-state index in [1.807, 2.05) is 0 Å². The third-order valence-electron chi connectivity index (χ3n) is 1.48. The highest BCUT2D eigenvalue weighted by Crippen LogP contribution is 2.34. The molecule has 10 heavy (non-hydrogen) atoms. The van der Waals surface area contributed by atoms with Crippen LogP contribution in [-0.4, -0.2) is 12.7 Å². The first-order chi connectivity index (χ1) is 4.83. The SMILES string of the molecule is CCCCC1CO[P](=O)O1. The van der Waals surface area contributed by atoms with Crippen molar-refractivity contribution in [2.75, 3.05) is 6.61 Å². The van der Waals surface area contributed by atoms with Gasteiger partial charge in [0.2, 0.25) is 0 Å². The molecular formula is C6H12O3P. The van der Waals surface area contributed by atoms with E-state index in [1.54, 1.807) is 0 Å². The van der Waals surface area contributed by atoms with Crippen molar-refractivity contribution in [1.29, 1.82) is 0 Å². The lowest BCUT2D eigenvalue weighted by Crippen LogP contribution is -2.07. The molecule has 0 N–H and O–H groups in total. The van der Waals surface area contributed by atoms with Crippen LogP contribution >= 0.6 is 8.25 Å². The van der Waals surface area contributed by atoms with Crippen LogP contribution in [0.1, 0.15) is 26.2 Å². The maximum Gasteiger partial charge on any atom is 0.369 e. The summed E-state index contributed by atoms with van der Waals surface area (Å²) in [6.45, 7) is 2.63. The summed E-state index contributed by atoms with van der Waals surface area (Å²) in [5.74, 6) is 0. The largest absolute Gasteiger partial charge is 0.369 e. The van der Waals surface area contributed by atoms with Gasteiger partial charge in [0, 0.05) is 0 Å². The van der Waals surface area contributed by atoms with Crippen LogP contribution in [0.5, 0.6) is 0 Å². The molecule has 2 atom stereocenters. The summed E-state index contributed by atoms with van der Waals surface area (Å²) in [5, 5.41) is 0. The molecule has 0 aromatic rings. The van der Waals surface area contributed by atoms with E-state index in [1.165, 1.54) is 0 Å². The summed E-state index contributed by atoms with van der Waals surface area (Å²) in [6, 6.07) is 0. The maximum absolute atomic E-state index is 10.5. The van der Waals surface area contributed by atoms with Gasteiger partial charge in [0.05, 0.1) is 12.7 Å². The lowest BCUT2D eigenvalue weighted by molar-refractivity contribution is 0.221. The fraction of sp³-hybridized carbons (Fsp3) is 1.00. The van der Waals surface area contributed by atoms with Gasteiger partial charge >= 0.3 is 8.25 Å². The lowest BCUT2D eigenvalue weighted by Gasteiger charge is -2.01. The van der Waals surface area contributed by atoms with Gasteiger partial charge in [-0.05, 0) is 6.42 Å². The summed E-state index contributed by atoms with van der Waals surface area (Å²) in [5.41, 5.74) is 0. The van der Waals surface area contributed by atoms with Crippen LogP contribution in [0.2, 0.25) is 0 Å². The van der Waals surface area contributed by atoms with Crippen molar-refractivity contribution in [3.63, 3.8) is 0 Å². The normalized spacial score (nSPS) is 29.3. The smallest absolute Gasteiger partial charge is 0.280 e. The number of hydrogen-bond acceptors (Lipinski definition) is 3. The van der Waals surface area contributed by atoms with E-state index in [9.17, 15) is 4.57 Å². The Kier molecular flexibility index (Phi) is 3.26. The number of rotatable bonds is 3. The van der Waals surface area contributed by atoms with Crippen molar-refractivity contribution < 1.29 is 13.6 Å². The molecule has 1 aliphatic rings. The Bertz CT molecular complexity index is 126. The van der Waals surface area contributed by atoms with Gasteiger partial charge in [0.1, 0.15) is 0 Å². The van der Waals surface area contributed by atoms with Crippen LogP contribution in [0.15, 0.2) is 0 Å². The van der Waals surface area contributed by atoms with Gasteiger partial charge < -0.3 is 0 Å². The second-order valence-corrected chi connectivity index (χ2v) is 3.31. The Morgan fingerprint density at radius 3 is 3.00 bits per heavy atom. The second-order valence-electron chi connectivity index (χ2n) is 2.39. The zero-order valence-corrected chi connectivity index (χ0v) is 6.97. The van der Waals surface area contributed by atoms with Crippen molar-refractivity contribution in [3.8, 4) is 0 Å². The average molecular weight is 163 g/mol.